The molecule has 10 nitrogen and oxygen atoms in total. The summed E-state index contributed by atoms with van der Waals surface area (Å²) in [4.78, 5) is 25.0. The molecule has 2 aromatic rings. The van der Waals surface area contributed by atoms with E-state index in [2.05, 4.69) is 5.28 Å². The summed E-state index contributed by atoms with van der Waals surface area (Å²) < 4.78 is 1.19. The van der Waals surface area contributed by atoms with Crippen LogP contribution in [0.3, 0.4) is 0 Å². The van der Waals surface area contributed by atoms with Gasteiger partial charge in [-0.15, -0.1) is 5.76 Å². The van der Waals surface area contributed by atoms with Gasteiger partial charge in [-0.25, -0.2) is 0 Å². The third-order valence-electron chi connectivity index (χ3n) is 2.80. The van der Waals surface area contributed by atoms with Crippen molar-refractivity contribution in [2.45, 2.75) is 6.92 Å². The number of nitrogens with zero attached hydrogens (tertiary/aromatic N) is 4. The number of hydrogen-bond donors (Lipinski definition) is 0. The standard InChI is InChI=1S/C13H10N4O6/c1-9(18)10-4-6-15(7-5-10)14-23-13-3-2-11(16(19)20)8-12(13)17(21)22/h2-8H,1H3. The normalized spacial score (nSPS) is 9.96. The Morgan fingerprint density at radius 1 is 1.13 bits per heavy atom. The molecule has 0 saturated carbocycles. The number of hydrogen-bond acceptors (Lipinski definition) is 7. The lowest BCUT2D eigenvalue weighted by atomic mass is 10.2. The number of pyridine rings is 1. The maximum Gasteiger partial charge on any atom is 0.321 e. The molecule has 0 aliphatic heterocycles. The van der Waals surface area contributed by atoms with E-state index >= 15 is 0 Å². The van der Waals surface area contributed by atoms with Gasteiger partial charge in [0.1, 0.15) is 0 Å². The van der Waals surface area contributed by atoms with Crippen LogP contribution in [0.5, 0.6) is 5.75 Å². The largest absolute Gasteiger partial charge is 0.875 e. The molecule has 0 atom stereocenters. The van der Waals surface area contributed by atoms with Gasteiger partial charge >= 0.3 is 5.69 Å². The second-order valence-electron chi connectivity index (χ2n) is 4.36. The smallest absolute Gasteiger partial charge is 0.321 e. The van der Waals surface area contributed by atoms with Crippen molar-refractivity contribution >= 4 is 17.1 Å². The lowest BCUT2D eigenvalue weighted by Crippen LogP contribution is -2.22. The topological polar surface area (TPSA) is 137 Å². The van der Waals surface area contributed by atoms with Crippen LogP contribution < -0.4 is 19.5 Å². The van der Waals surface area contributed by atoms with Crippen LogP contribution >= 0.6 is 0 Å². The van der Waals surface area contributed by atoms with Gasteiger partial charge in [0, 0.05) is 18.2 Å². The molecule has 0 saturated heterocycles. The maximum atomic E-state index is 11.1. The third kappa shape index (κ3) is 3.75. The minimum absolute atomic E-state index is 0.121. The van der Waals surface area contributed by atoms with Crippen LogP contribution in [0.25, 0.3) is 5.76 Å². The highest BCUT2D eigenvalue weighted by Crippen LogP contribution is 2.30. The van der Waals surface area contributed by atoms with Gasteiger partial charge in [-0.3, -0.25) is 25.1 Å². The molecule has 0 amide bonds. The van der Waals surface area contributed by atoms with Crippen LogP contribution in [0, 0.1) is 20.2 Å². The average Bonchev–Trinajstić information content (AvgIpc) is 2.52. The molecule has 1 aromatic heterocycles. The van der Waals surface area contributed by atoms with Crippen molar-refractivity contribution in [3.63, 3.8) is 0 Å². The minimum Gasteiger partial charge on any atom is -0.875 e. The summed E-state index contributed by atoms with van der Waals surface area (Å²) in [5.74, 6) is -0.368. The highest BCUT2D eigenvalue weighted by atomic mass is 16.7. The molecule has 0 unspecified atom stereocenters. The van der Waals surface area contributed by atoms with Crippen LogP contribution in [0.1, 0.15) is 6.92 Å². The van der Waals surface area contributed by atoms with Gasteiger partial charge in [-0.2, -0.15) is 0 Å². The molecule has 0 radical (unpaired) electrons. The van der Waals surface area contributed by atoms with Crippen LogP contribution in [0.2, 0.25) is 0 Å². The summed E-state index contributed by atoms with van der Waals surface area (Å²) in [7, 11) is 0. The number of non-ortho nitro benzene ring substituents is 1. The monoisotopic (exact) mass is 318 g/mol. The van der Waals surface area contributed by atoms with E-state index in [4.69, 9.17) is 4.84 Å². The van der Waals surface area contributed by atoms with Gasteiger partial charge < -0.3 is 5.11 Å². The Morgan fingerprint density at radius 3 is 2.30 bits per heavy atom. The molecule has 0 aliphatic rings. The summed E-state index contributed by atoms with van der Waals surface area (Å²) >= 11 is 0. The highest BCUT2D eigenvalue weighted by Gasteiger charge is 2.21. The summed E-state index contributed by atoms with van der Waals surface area (Å²) in [6, 6.07) is 5.94. The Bertz CT molecular complexity index is 868. The quantitative estimate of drug-likeness (QED) is 0.451. The minimum atomic E-state index is -0.804. The zero-order chi connectivity index (χ0) is 17.0. The van der Waals surface area contributed by atoms with Gasteiger partial charge in [0.15, 0.2) is 0 Å². The summed E-state index contributed by atoms with van der Waals surface area (Å²) in [5.41, 5.74) is -1.01. The third-order valence-corrected chi connectivity index (χ3v) is 2.80. The molecule has 0 N–H and O–H groups in total. The number of nitro benzene ring substituents is 2. The molecule has 2 rings (SSSR count). The lowest BCUT2D eigenvalue weighted by Gasteiger charge is -2.00. The highest BCUT2D eigenvalue weighted by molar-refractivity contribution is 5.53. The number of nitro groups is 2. The van der Waals surface area contributed by atoms with Gasteiger partial charge in [0.05, 0.1) is 15.9 Å². The van der Waals surface area contributed by atoms with Crippen LogP contribution in [0.4, 0.5) is 11.4 Å². The zero-order valence-electron chi connectivity index (χ0n) is 11.8. The molecule has 0 aliphatic carbocycles. The van der Waals surface area contributed by atoms with Gasteiger partial charge in [-0.05, 0) is 15.6 Å². The van der Waals surface area contributed by atoms with Crippen LogP contribution in [-0.2, 0) is 0 Å². The first kappa shape index (κ1) is 15.8. The van der Waals surface area contributed by atoms with E-state index in [9.17, 15) is 25.3 Å². The molecule has 23 heavy (non-hydrogen) atoms. The van der Waals surface area contributed by atoms with Crippen molar-refractivity contribution in [3.8, 4) is 5.75 Å². The summed E-state index contributed by atoms with van der Waals surface area (Å²) in [5, 5.41) is 36.8. The molecule has 0 bridgehead atoms. The molecule has 0 fully saturated rings. The fourth-order valence-corrected chi connectivity index (χ4v) is 1.64. The summed E-state index contributed by atoms with van der Waals surface area (Å²) in [6.07, 6.45) is 2.85. The van der Waals surface area contributed by atoms with E-state index in [1.165, 1.54) is 35.8 Å². The molecule has 10 heteroatoms. The van der Waals surface area contributed by atoms with Crippen molar-refractivity contribution in [3.05, 3.63) is 68.2 Å². The van der Waals surface area contributed by atoms with E-state index < -0.39 is 21.2 Å². The predicted molar refractivity (Wildman–Crippen MR) is 73.5 cm³/mol. The Hall–Kier alpha value is -3.56. The second kappa shape index (κ2) is 6.47. The van der Waals surface area contributed by atoms with Crippen LogP contribution in [0.15, 0.2) is 48.0 Å². The number of rotatable bonds is 4. The first-order valence-corrected chi connectivity index (χ1v) is 6.22. The molecular formula is C13H10N4O6. The predicted octanol–water partition coefficient (Wildman–Crippen LogP) is 0.305. The van der Waals surface area contributed by atoms with E-state index in [1.54, 1.807) is 0 Å². The molecule has 118 valence electrons. The van der Waals surface area contributed by atoms with Gasteiger partial charge in [-0.1, -0.05) is 6.92 Å². The van der Waals surface area contributed by atoms with E-state index in [0.29, 0.717) is 5.22 Å². The van der Waals surface area contributed by atoms with Crippen molar-refractivity contribution in [2.75, 3.05) is 0 Å². The number of benzene rings is 1. The van der Waals surface area contributed by atoms with Crippen molar-refractivity contribution in [2.24, 2.45) is 5.28 Å². The molecular weight excluding hydrogens is 308 g/mol. The Labute approximate surface area is 128 Å². The number of aromatic nitrogens is 1. The zero-order valence-corrected chi connectivity index (χ0v) is 11.8. The van der Waals surface area contributed by atoms with Crippen molar-refractivity contribution in [1.29, 1.82) is 0 Å². The molecule has 0 spiro atoms. The fraction of sp³-hybridized carbons (Fsp3) is 0.0769. The van der Waals surface area contributed by atoms with E-state index in [0.717, 1.165) is 18.2 Å². The summed E-state index contributed by atoms with van der Waals surface area (Å²) in [6.45, 7) is 1.41. The van der Waals surface area contributed by atoms with Crippen LogP contribution in [-0.4, -0.2) is 9.85 Å². The first-order valence-electron chi connectivity index (χ1n) is 6.22. The van der Waals surface area contributed by atoms with E-state index in [1.807, 2.05) is 0 Å². The lowest BCUT2D eigenvalue weighted by molar-refractivity contribution is -0.571. The second-order valence-corrected chi connectivity index (χ2v) is 4.36. The van der Waals surface area contributed by atoms with Gasteiger partial charge in [0.2, 0.25) is 23.4 Å². The first-order chi connectivity index (χ1) is 10.9. The Kier molecular flexibility index (Phi) is 4.45. The Morgan fingerprint density at radius 2 is 1.78 bits per heavy atom. The van der Waals surface area contributed by atoms with E-state index in [-0.39, 0.29) is 11.5 Å². The van der Waals surface area contributed by atoms with Crippen molar-refractivity contribution in [1.82, 2.24) is 0 Å². The molecule has 1 heterocycles. The SMILES string of the molecule is CC([O-])=c1cc[n+](=NOc2ccc([N+](=O)[O-])cc2[N+](=O)[O-])cc1. The Balaban J connectivity index is 2.36. The van der Waals surface area contributed by atoms with Crippen molar-refractivity contribution < 1.29 is 24.2 Å². The average molecular weight is 318 g/mol. The fourth-order valence-electron chi connectivity index (χ4n) is 1.64. The van der Waals surface area contributed by atoms with Gasteiger partial charge in [0.25, 0.3) is 5.69 Å². The maximum absolute atomic E-state index is 11.1. The molecule has 1 aromatic carbocycles.